The molecule has 4 aromatic rings. The van der Waals surface area contributed by atoms with E-state index in [1.165, 1.54) is 23.1 Å². The number of para-hydroxylation sites is 2. The van der Waals surface area contributed by atoms with E-state index in [4.69, 9.17) is 10.7 Å². The highest BCUT2D eigenvalue weighted by Gasteiger charge is 2.51. The summed E-state index contributed by atoms with van der Waals surface area (Å²) in [4.78, 5) is 35.6. The summed E-state index contributed by atoms with van der Waals surface area (Å²) in [6.07, 6.45) is 1.40. The van der Waals surface area contributed by atoms with Gasteiger partial charge in [-0.2, -0.15) is 0 Å². The highest BCUT2D eigenvalue weighted by atomic mass is 32.2. The van der Waals surface area contributed by atoms with Gasteiger partial charge in [0.25, 0.3) is 5.91 Å². The molecule has 1 fully saturated rings. The Labute approximate surface area is 206 Å². The van der Waals surface area contributed by atoms with E-state index in [-0.39, 0.29) is 16.1 Å². The fourth-order valence-electron chi connectivity index (χ4n) is 4.81. The Bertz CT molecular complexity index is 1350. The molecule has 2 N–H and O–H groups in total. The Morgan fingerprint density at radius 2 is 1.91 bits per heavy atom. The highest BCUT2D eigenvalue weighted by Crippen LogP contribution is 2.34. The number of fused-ring (bicyclic) bond motifs is 1. The molecule has 2 atom stereocenters. The van der Waals surface area contributed by atoms with Crippen molar-refractivity contribution < 1.29 is 14.1 Å². The molecule has 5 rings (SSSR count). The maximum atomic E-state index is 13.7. The summed E-state index contributed by atoms with van der Waals surface area (Å²) in [5.41, 5.74) is 9.64. The average Bonchev–Trinajstić information content (AvgIpc) is 3.57. The number of quaternary nitrogens is 1. The van der Waals surface area contributed by atoms with Crippen LogP contribution in [0.25, 0.3) is 22.3 Å². The van der Waals surface area contributed by atoms with Gasteiger partial charge < -0.3 is 10.3 Å². The van der Waals surface area contributed by atoms with Gasteiger partial charge in [0.05, 0.1) is 23.3 Å². The summed E-state index contributed by atoms with van der Waals surface area (Å²) in [5.74, 6) is -0.203. The molecule has 0 spiro atoms. The molecule has 0 bridgehead atoms. The molecule has 1 aliphatic rings. The zero-order valence-electron chi connectivity index (χ0n) is 18.9. The van der Waals surface area contributed by atoms with Crippen LogP contribution in [-0.4, -0.2) is 49.2 Å². The number of aryl methyl sites for hydroxylation is 1. The third kappa shape index (κ3) is 4.15. The Morgan fingerprint density at radius 3 is 2.68 bits per heavy atom. The lowest BCUT2D eigenvalue weighted by molar-refractivity contribution is -0.869. The van der Waals surface area contributed by atoms with Crippen LogP contribution in [0.2, 0.25) is 0 Å². The standard InChI is InChI=1S/C25H25N5O2S2/c1-29-20-11-6-5-10-18(20)28-25(29)34-16-23(31)30(13-7-12-21(30)24(26)32)14-22-27-19(15-33-22)17-8-3-2-4-9-17/h2-6,8-11,15,21H,7,12-14,16H2,1H3,(H-,26,32)/p+1/t21-,30?/m0/s1. The minimum absolute atomic E-state index is 0.00480. The summed E-state index contributed by atoms with van der Waals surface area (Å²) < 4.78 is 2.04. The largest absolute Gasteiger partial charge is 0.364 e. The summed E-state index contributed by atoms with van der Waals surface area (Å²) in [6, 6.07) is 17.3. The van der Waals surface area contributed by atoms with Gasteiger partial charge in [-0.05, 0) is 12.1 Å². The van der Waals surface area contributed by atoms with Crippen molar-refractivity contribution in [3.63, 3.8) is 0 Å². The van der Waals surface area contributed by atoms with Crippen molar-refractivity contribution in [3.05, 3.63) is 65.0 Å². The number of aromatic nitrogens is 3. The monoisotopic (exact) mass is 492 g/mol. The van der Waals surface area contributed by atoms with Crippen molar-refractivity contribution >= 4 is 45.9 Å². The lowest BCUT2D eigenvalue weighted by atomic mass is 10.1. The molecule has 0 aliphatic carbocycles. The summed E-state index contributed by atoms with van der Waals surface area (Å²) in [5, 5.41) is 3.63. The first kappa shape index (κ1) is 22.8. The van der Waals surface area contributed by atoms with E-state index in [0.29, 0.717) is 19.5 Å². The maximum absolute atomic E-state index is 13.7. The van der Waals surface area contributed by atoms with E-state index in [0.717, 1.165) is 38.9 Å². The predicted molar refractivity (Wildman–Crippen MR) is 135 cm³/mol. The van der Waals surface area contributed by atoms with Crippen molar-refractivity contribution in [1.29, 1.82) is 0 Å². The molecular formula is C25H26N5O2S2+. The second kappa shape index (κ2) is 9.32. The topological polar surface area (TPSA) is 90.9 Å². The average molecular weight is 493 g/mol. The van der Waals surface area contributed by atoms with Gasteiger partial charge in [0.15, 0.2) is 11.2 Å². The van der Waals surface area contributed by atoms with Crippen LogP contribution in [0.4, 0.5) is 0 Å². The van der Waals surface area contributed by atoms with Crippen molar-refractivity contribution in [2.24, 2.45) is 12.8 Å². The van der Waals surface area contributed by atoms with Crippen LogP contribution in [0.15, 0.2) is 65.1 Å². The van der Waals surface area contributed by atoms with Crippen LogP contribution < -0.4 is 5.73 Å². The molecule has 9 heteroatoms. The van der Waals surface area contributed by atoms with Gasteiger partial charge >= 0.3 is 5.91 Å². The maximum Gasteiger partial charge on any atom is 0.325 e. The molecule has 2 amide bonds. The molecule has 2 aromatic carbocycles. The molecule has 2 aromatic heterocycles. The molecule has 174 valence electrons. The van der Waals surface area contributed by atoms with E-state index >= 15 is 0 Å². The number of hydrogen-bond donors (Lipinski definition) is 1. The van der Waals surface area contributed by atoms with E-state index < -0.39 is 11.9 Å². The Morgan fingerprint density at radius 1 is 1.15 bits per heavy atom. The molecule has 1 saturated heterocycles. The summed E-state index contributed by atoms with van der Waals surface area (Å²) >= 11 is 2.94. The third-order valence-electron chi connectivity index (χ3n) is 6.57. The lowest BCUT2D eigenvalue weighted by Crippen LogP contribution is -2.60. The fraction of sp³-hybridized carbons (Fsp3) is 0.280. The Hall–Kier alpha value is -3.01. The van der Waals surface area contributed by atoms with Gasteiger partial charge in [0.1, 0.15) is 17.3 Å². The summed E-state index contributed by atoms with van der Waals surface area (Å²) in [6.45, 7) is 0.975. The Balaban J connectivity index is 1.40. The van der Waals surface area contributed by atoms with Gasteiger partial charge in [0.2, 0.25) is 0 Å². The van der Waals surface area contributed by atoms with Crippen molar-refractivity contribution in [1.82, 2.24) is 14.5 Å². The van der Waals surface area contributed by atoms with Crippen LogP contribution in [0.3, 0.4) is 0 Å². The number of thioether (sulfide) groups is 1. The zero-order chi connectivity index (χ0) is 23.7. The molecule has 0 radical (unpaired) electrons. The fourth-order valence-corrected chi connectivity index (χ4v) is 6.66. The number of nitrogens with two attached hydrogens (primary N) is 1. The minimum Gasteiger partial charge on any atom is -0.364 e. The first-order valence-electron chi connectivity index (χ1n) is 11.2. The highest BCUT2D eigenvalue weighted by molar-refractivity contribution is 7.99. The van der Waals surface area contributed by atoms with Gasteiger partial charge in [0, 0.05) is 30.8 Å². The molecule has 0 saturated carbocycles. The van der Waals surface area contributed by atoms with Crippen molar-refractivity contribution in [3.8, 4) is 11.3 Å². The van der Waals surface area contributed by atoms with Gasteiger partial charge in [-0.3, -0.25) is 4.79 Å². The van der Waals surface area contributed by atoms with Gasteiger partial charge in [-0.25, -0.2) is 19.2 Å². The van der Waals surface area contributed by atoms with Crippen molar-refractivity contribution in [2.75, 3.05) is 12.3 Å². The number of thiazole rings is 1. The van der Waals surface area contributed by atoms with Crippen LogP contribution in [0.5, 0.6) is 0 Å². The van der Waals surface area contributed by atoms with E-state index in [2.05, 4.69) is 4.98 Å². The van der Waals surface area contributed by atoms with Crippen molar-refractivity contribution in [2.45, 2.75) is 30.6 Å². The van der Waals surface area contributed by atoms with E-state index in [1.807, 2.05) is 71.6 Å². The quantitative estimate of drug-likeness (QED) is 0.311. The number of likely N-dealkylation sites (tertiary alicyclic amines) is 1. The molecule has 7 nitrogen and oxygen atoms in total. The molecule has 3 heterocycles. The van der Waals surface area contributed by atoms with Crippen LogP contribution in [0, 0.1) is 0 Å². The first-order chi connectivity index (χ1) is 16.5. The lowest BCUT2D eigenvalue weighted by Gasteiger charge is -2.35. The number of hydrogen-bond acceptors (Lipinski definition) is 6. The van der Waals surface area contributed by atoms with Crippen LogP contribution in [0.1, 0.15) is 17.8 Å². The second-order valence-electron chi connectivity index (χ2n) is 8.59. The minimum atomic E-state index is -0.530. The SMILES string of the molecule is Cn1c(SCC(=O)[N+]2(Cc3nc(-c4ccccc4)cs3)CCC[C@H]2C(N)=O)nc2ccccc21. The smallest absolute Gasteiger partial charge is 0.325 e. The molecule has 34 heavy (non-hydrogen) atoms. The van der Waals surface area contributed by atoms with E-state index in [9.17, 15) is 9.59 Å². The predicted octanol–water partition coefficient (Wildman–Crippen LogP) is 3.98. The number of benzene rings is 2. The Kier molecular flexibility index (Phi) is 6.24. The first-order valence-corrected chi connectivity index (χ1v) is 13.1. The third-order valence-corrected chi connectivity index (χ3v) is 8.41. The number of carbonyl (C=O) groups excluding carboxylic acids is 2. The number of amides is 2. The van der Waals surface area contributed by atoms with Crippen LogP contribution >= 0.6 is 23.1 Å². The summed E-state index contributed by atoms with van der Waals surface area (Å²) in [7, 11) is 1.95. The second-order valence-corrected chi connectivity index (χ2v) is 10.5. The molecular weight excluding hydrogens is 466 g/mol. The van der Waals surface area contributed by atoms with E-state index in [1.54, 1.807) is 0 Å². The van der Waals surface area contributed by atoms with Gasteiger partial charge in [-0.15, -0.1) is 11.3 Å². The van der Waals surface area contributed by atoms with Crippen LogP contribution in [-0.2, 0) is 23.2 Å². The normalized spacial score (nSPS) is 20.1. The number of primary amides is 1. The molecule has 1 unspecified atom stereocenters. The number of imidazole rings is 1. The number of rotatable bonds is 7. The zero-order valence-corrected chi connectivity index (χ0v) is 20.5. The molecule has 1 aliphatic heterocycles. The van der Waals surface area contributed by atoms with Gasteiger partial charge in [-0.1, -0.05) is 54.2 Å². The number of nitrogens with zero attached hydrogens (tertiary/aromatic N) is 4. The number of carbonyl (C=O) groups is 2.